The van der Waals surface area contributed by atoms with Gasteiger partial charge in [-0.25, -0.2) is 38.3 Å². The van der Waals surface area contributed by atoms with Crippen LogP contribution in [0.2, 0.25) is 0 Å². The zero-order chi connectivity index (χ0) is 46.8. The van der Waals surface area contributed by atoms with Crippen LogP contribution in [0.4, 0.5) is 54.3 Å². The summed E-state index contributed by atoms with van der Waals surface area (Å²) in [6.45, 7) is 0. The Hall–Kier alpha value is -9.12. The van der Waals surface area contributed by atoms with Crippen molar-refractivity contribution in [3.63, 3.8) is 0 Å². The predicted octanol–water partition coefficient (Wildman–Crippen LogP) is 11.3. The van der Waals surface area contributed by atoms with Crippen molar-refractivity contribution >= 4 is 56.9 Å². The average molecular weight is 902 g/mol. The number of nitrogens with zero attached hydrogens (tertiary/aromatic N) is 5. The van der Waals surface area contributed by atoms with E-state index in [0.29, 0.717) is 56.6 Å². The summed E-state index contributed by atoms with van der Waals surface area (Å²) < 4.78 is 88.8. The molecular formula is C46H32F5N9O6. The first kappa shape index (κ1) is 44.9. The highest BCUT2D eigenvalue weighted by atomic mass is 19.4. The molecule has 4 N–H and O–H groups in total. The number of alkyl halides is 3. The summed E-state index contributed by atoms with van der Waals surface area (Å²) in [6, 6.07) is 28.7. The van der Waals surface area contributed by atoms with Crippen molar-refractivity contribution in [2.75, 3.05) is 35.5 Å². The number of nitrogens with one attached hydrogen (secondary N) is 4. The van der Waals surface area contributed by atoms with Crippen molar-refractivity contribution in [2.24, 2.45) is 0 Å². The van der Waals surface area contributed by atoms with Gasteiger partial charge in [0.05, 0.1) is 65.9 Å². The second-order valence-corrected chi connectivity index (χ2v) is 13.5. The Morgan fingerprint density at radius 2 is 1.02 bits per heavy atom. The molecule has 0 unspecified atom stereocenters. The predicted molar refractivity (Wildman–Crippen MR) is 233 cm³/mol. The number of halogens is 5. The lowest BCUT2D eigenvalue weighted by atomic mass is 10.2. The Balaban J connectivity index is 0.000000197. The van der Waals surface area contributed by atoms with E-state index in [1.807, 2.05) is 6.07 Å². The van der Waals surface area contributed by atoms with Crippen LogP contribution in [-0.4, -0.2) is 46.2 Å². The van der Waals surface area contributed by atoms with E-state index in [4.69, 9.17) is 24.2 Å². The summed E-state index contributed by atoms with van der Waals surface area (Å²) in [5, 5.41) is 18.6. The molecule has 2 heterocycles. The molecule has 66 heavy (non-hydrogen) atoms. The summed E-state index contributed by atoms with van der Waals surface area (Å²) in [4.78, 5) is 41.2. The third kappa shape index (κ3) is 11.7. The molecule has 0 aliphatic heterocycles. The minimum Gasteiger partial charge on any atom is -0.480 e. The molecule has 332 valence electrons. The number of carbonyl (C=O) groups is 2. The maximum Gasteiger partial charge on any atom is 0.416 e. The van der Waals surface area contributed by atoms with Crippen LogP contribution in [0.1, 0.15) is 11.1 Å². The summed E-state index contributed by atoms with van der Waals surface area (Å²) in [6.07, 6.45) is -1.57. The molecule has 0 spiro atoms. The maximum absolute atomic E-state index is 14.6. The molecular weight excluding hydrogens is 870 g/mol. The molecule has 0 fully saturated rings. The molecule has 4 amide bonds. The van der Waals surface area contributed by atoms with Crippen LogP contribution >= 0.6 is 0 Å². The van der Waals surface area contributed by atoms with Crippen molar-refractivity contribution in [1.82, 2.24) is 19.9 Å². The second-order valence-electron chi connectivity index (χ2n) is 13.5. The van der Waals surface area contributed by atoms with Crippen LogP contribution in [0.25, 0.3) is 22.1 Å². The molecule has 8 rings (SSSR count). The van der Waals surface area contributed by atoms with Gasteiger partial charge in [0.1, 0.15) is 11.5 Å². The Bertz CT molecular complexity index is 3120. The zero-order valence-electron chi connectivity index (χ0n) is 34.3. The van der Waals surface area contributed by atoms with Gasteiger partial charge in [-0.1, -0.05) is 6.07 Å². The van der Waals surface area contributed by atoms with Gasteiger partial charge in [0, 0.05) is 47.0 Å². The first-order valence-electron chi connectivity index (χ1n) is 19.1. The van der Waals surface area contributed by atoms with Crippen molar-refractivity contribution < 1.29 is 50.5 Å². The number of nitriles is 1. The minimum absolute atomic E-state index is 0.0155. The highest BCUT2D eigenvalue weighted by molar-refractivity contribution is 6.00. The lowest BCUT2D eigenvalue weighted by molar-refractivity contribution is -0.137. The van der Waals surface area contributed by atoms with Gasteiger partial charge >= 0.3 is 18.2 Å². The Morgan fingerprint density at radius 1 is 0.561 bits per heavy atom. The standard InChI is InChI=1S/C23H16F4N4O3.C23H16FN5O3/c1-33-21-12-28-18-7-6-16(11-19(18)31-21)34-20-8-5-15(10-17(20)24)30-22(32)29-14-4-2-3-13(9-14)23(25,26)27;1-31-22-13-26-19-8-7-17(11-20(19)29-22)32-21-9-6-16(10-18(21)24)28-23(30)27-15-4-2-14(12-25)3-5-15/h2-12H,1H3,(H2,29,30,32);2-11,13H,1H3,(H2,27,28,30). The largest absolute Gasteiger partial charge is 0.480 e. The summed E-state index contributed by atoms with van der Waals surface area (Å²) >= 11 is 0. The van der Waals surface area contributed by atoms with E-state index in [2.05, 4.69) is 41.2 Å². The van der Waals surface area contributed by atoms with E-state index in [9.17, 15) is 31.5 Å². The fraction of sp³-hybridized carbons (Fsp3) is 0.0652. The Morgan fingerprint density at radius 3 is 1.45 bits per heavy atom. The third-order valence-corrected chi connectivity index (χ3v) is 8.96. The molecule has 0 saturated carbocycles. The lowest BCUT2D eigenvalue weighted by Gasteiger charge is -2.12. The van der Waals surface area contributed by atoms with Crippen LogP contribution in [0.3, 0.4) is 0 Å². The van der Waals surface area contributed by atoms with Gasteiger partial charge in [-0.05, 0) is 91.0 Å². The molecule has 6 aromatic carbocycles. The van der Waals surface area contributed by atoms with E-state index >= 15 is 0 Å². The second kappa shape index (κ2) is 19.9. The Labute approximate surface area is 370 Å². The highest BCUT2D eigenvalue weighted by Crippen LogP contribution is 2.32. The van der Waals surface area contributed by atoms with Crippen molar-refractivity contribution in [3.8, 4) is 40.8 Å². The number of aromatic nitrogens is 4. The van der Waals surface area contributed by atoms with E-state index in [1.165, 1.54) is 63.0 Å². The van der Waals surface area contributed by atoms with Crippen LogP contribution in [0.15, 0.2) is 134 Å². The molecule has 0 radical (unpaired) electrons. The van der Waals surface area contributed by atoms with Gasteiger partial charge in [0.15, 0.2) is 23.1 Å². The topological polar surface area (TPSA) is 195 Å². The number of hydrogen-bond donors (Lipinski definition) is 4. The average Bonchev–Trinajstić information content (AvgIpc) is 3.30. The number of anilines is 4. The number of urea groups is 2. The number of carbonyl (C=O) groups excluding carboxylic acids is 2. The van der Waals surface area contributed by atoms with Crippen LogP contribution < -0.4 is 40.2 Å². The molecule has 0 bridgehead atoms. The number of methoxy groups -OCH3 is 2. The van der Waals surface area contributed by atoms with Crippen molar-refractivity contribution in [1.29, 1.82) is 5.26 Å². The Kier molecular flexibility index (Phi) is 13.6. The lowest BCUT2D eigenvalue weighted by Crippen LogP contribution is -2.20. The molecule has 20 heteroatoms. The maximum atomic E-state index is 14.6. The summed E-state index contributed by atoms with van der Waals surface area (Å²) in [7, 11) is 2.95. The van der Waals surface area contributed by atoms with E-state index in [0.717, 1.165) is 24.3 Å². The number of rotatable bonds is 10. The third-order valence-electron chi connectivity index (χ3n) is 8.96. The van der Waals surface area contributed by atoms with Gasteiger partial charge in [0.25, 0.3) is 0 Å². The van der Waals surface area contributed by atoms with Crippen LogP contribution in [0, 0.1) is 23.0 Å². The van der Waals surface area contributed by atoms with Crippen molar-refractivity contribution in [3.05, 3.63) is 156 Å². The van der Waals surface area contributed by atoms with E-state index < -0.39 is 35.4 Å². The van der Waals surface area contributed by atoms with Gasteiger partial charge in [0.2, 0.25) is 11.8 Å². The highest BCUT2D eigenvalue weighted by Gasteiger charge is 2.30. The van der Waals surface area contributed by atoms with Crippen LogP contribution in [0.5, 0.6) is 34.8 Å². The number of ether oxygens (including phenoxy) is 4. The molecule has 8 aromatic rings. The first-order chi connectivity index (χ1) is 31.7. The van der Waals surface area contributed by atoms with Gasteiger partial charge in [-0.15, -0.1) is 0 Å². The fourth-order valence-corrected chi connectivity index (χ4v) is 5.84. The number of amides is 4. The SMILES string of the molecule is COc1cnc2ccc(Oc3ccc(NC(=O)Nc4ccc(C#N)cc4)cc3F)cc2n1.COc1cnc2ccc(Oc3ccc(NC(=O)Nc4cccc(C(F)(F)F)c4)cc3F)cc2n1. The quantitative estimate of drug-likeness (QED) is 0.0954. The minimum atomic E-state index is -4.54. The molecule has 0 atom stereocenters. The first-order valence-corrected chi connectivity index (χ1v) is 19.1. The zero-order valence-corrected chi connectivity index (χ0v) is 34.3. The summed E-state index contributed by atoms with van der Waals surface area (Å²) in [5.41, 5.74) is 2.59. The molecule has 0 aliphatic carbocycles. The van der Waals surface area contributed by atoms with Crippen molar-refractivity contribution in [2.45, 2.75) is 6.18 Å². The smallest absolute Gasteiger partial charge is 0.416 e. The monoisotopic (exact) mass is 901 g/mol. The molecule has 15 nitrogen and oxygen atoms in total. The molecule has 0 aliphatic rings. The number of fused-ring (bicyclic) bond motifs is 2. The fourth-order valence-electron chi connectivity index (χ4n) is 5.84. The van der Waals surface area contributed by atoms with E-state index in [1.54, 1.807) is 60.7 Å². The number of hydrogen-bond acceptors (Lipinski definition) is 11. The number of benzene rings is 6. The van der Waals surface area contributed by atoms with Gasteiger partial charge in [-0.3, -0.25) is 0 Å². The normalized spacial score (nSPS) is 10.8. The molecule has 0 saturated heterocycles. The van der Waals surface area contributed by atoms with Crippen LogP contribution in [-0.2, 0) is 6.18 Å². The molecule has 2 aromatic heterocycles. The summed E-state index contributed by atoms with van der Waals surface area (Å²) in [5.74, 6) is -0.204. The van der Waals surface area contributed by atoms with Gasteiger partial charge < -0.3 is 40.2 Å². The van der Waals surface area contributed by atoms with Gasteiger partial charge in [-0.2, -0.15) is 18.4 Å². The van der Waals surface area contributed by atoms with E-state index in [-0.39, 0.29) is 28.6 Å².